The highest BCUT2D eigenvalue weighted by atomic mass is 32.2. The van der Waals surface area contributed by atoms with Gasteiger partial charge in [0.15, 0.2) is 0 Å². The van der Waals surface area contributed by atoms with E-state index in [2.05, 4.69) is 5.32 Å². The second-order valence-corrected chi connectivity index (χ2v) is 6.89. The van der Waals surface area contributed by atoms with E-state index >= 15 is 0 Å². The van der Waals surface area contributed by atoms with Crippen LogP contribution in [0.2, 0.25) is 0 Å². The van der Waals surface area contributed by atoms with E-state index in [0.717, 1.165) is 21.9 Å². The molecule has 0 radical (unpaired) electrons. The van der Waals surface area contributed by atoms with Crippen molar-refractivity contribution in [3.8, 4) is 0 Å². The van der Waals surface area contributed by atoms with Crippen LogP contribution in [0.4, 0.5) is 5.69 Å². The average molecular weight is 344 g/mol. The number of hydrogen-bond acceptors (Lipinski definition) is 4. The lowest BCUT2D eigenvalue weighted by molar-refractivity contribution is -0.121. The van der Waals surface area contributed by atoms with Crippen LogP contribution < -0.4 is 10.2 Å². The molecule has 4 nitrogen and oxygen atoms in total. The van der Waals surface area contributed by atoms with Crippen LogP contribution in [0.25, 0.3) is 0 Å². The zero-order valence-electron chi connectivity index (χ0n) is 14.1. The lowest BCUT2D eigenvalue weighted by Gasteiger charge is -2.15. The zero-order valence-corrected chi connectivity index (χ0v) is 14.9. The van der Waals surface area contributed by atoms with Crippen molar-refractivity contribution in [1.29, 1.82) is 0 Å². The highest BCUT2D eigenvalue weighted by molar-refractivity contribution is 7.99. The molecule has 128 valence electrons. The molecule has 2 aromatic carbocycles. The maximum Gasteiger partial charge on any atom is 0.220 e. The van der Waals surface area contributed by atoms with E-state index in [1.165, 1.54) is 0 Å². The van der Waals surface area contributed by atoms with Crippen LogP contribution in [0.3, 0.4) is 0 Å². The van der Waals surface area contributed by atoms with E-state index in [0.29, 0.717) is 6.42 Å². The molecule has 2 rings (SSSR count). The molecule has 0 bridgehead atoms. The molecule has 0 spiro atoms. The summed E-state index contributed by atoms with van der Waals surface area (Å²) >= 11 is 1.66. The second kappa shape index (κ2) is 9.35. The molecule has 0 fully saturated rings. The highest BCUT2D eigenvalue weighted by Gasteiger charge is 2.10. The van der Waals surface area contributed by atoms with Crippen LogP contribution in [0, 0.1) is 0 Å². The van der Waals surface area contributed by atoms with Crippen molar-refractivity contribution in [2.45, 2.75) is 17.4 Å². The van der Waals surface area contributed by atoms with Gasteiger partial charge in [0.05, 0.1) is 6.10 Å². The van der Waals surface area contributed by atoms with Crippen LogP contribution in [0.5, 0.6) is 0 Å². The third-order valence-corrected chi connectivity index (χ3v) is 4.64. The minimum atomic E-state index is -0.688. The first-order valence-electron chi connectivity index (χ1n) is 7.96. The number of carbonyl (C=O) groups is 1. The Hall–Kier alpha value is -1.98. The van der Waals surface area contributed by atoms with Crippen LogP contribution in [0.1, 0.15) is 18.1 Å². The van der Waals surface area contributed by atoms with Gasteiger partial charge >= 0.3 is 0 Å². The van der Waals surface area contributed by atoms with E-state index in [9.17, 15) is 9.90 Å². The Labute approximate surface area is 147 Å². The number of benzene rings is 2. The maximum atomic E-state index is 11.9. The van der Waals surface area contributed by atoms with Crippen molar-refractivity contribution in [2.75, 3.05) is 31.3 Å². The Morgan fingerprint density at radius 3 is 2.42 bits per heavy atom. The SMILES string of the molecule is CN(C)c1ccc([C@H](O)CNC(=O)CCSc2ccccc2)cc1. The minimum Gasteiger partial charge on any atom is -0.387 e. The molecule has 0 aromatic heterocycles. The Morgan fingerprint density at radius 2 is 1.79 bits per heavy atom. The van der Waals surface area contributed by atoms with Gasteiger partial charge in [-0.25, -0.2) is 0 Å². The van der Waals surface area contributed by atoms with Gasteiger partial charge in [-0.2, -0.15) is 0 Å². The molecular formula is C19H24N2O2S. The summed E-state index contributed by atoms with van der Waals surface area (Å²) in [7, 11) is 3.94. The van der Waals surface area contributed by atoms with E-state index in [1.54, 1.807) is 11.8 Å². The molecule has 1 amide bonds. The van der Waals surface area contributed by atoms with Crippen molar-refractivity contribution < 1.29 is 9.90 Å². The molecule has 0 aliphatic heterocycles. The summed E-state index contributed by atoms with van der Waals surface area (Å²) in [5.74, 6) is 0.686. The monoisotopic (exact) mass is 344 g/mol. The Morgan fingerprint density at radius 1 is 1.12 bits per heavy atom. The molecular weight excluding hydrogens is 320 g/mol. The van der Waals surface area contributed by atoms with Crippen molar-refractivity contribution in [1.82, 2.24) is 5.32 Å². The molecule has 1 atom stereocenters. The zero-order chi connectivity index (χ0) is 17.4. The van der Waals surface area contributed by atoms with Crippen molar-refractivity contribution >= 4 is 23.4 Å². The lowest BCUT2D eigenvalue weighted by atomic mass is 10.1. The topological polar surface area (TPSA) is 52.6 Å². The largest absolute Gasteiger partial charge is 0.387 e. The summed E-state index contributed by atoms with van der Waals surface area (Å²) < 4.78 is 0. The van der Waals surface area contributed by atoms with E-state index < -0.39 is 6.10 Å². The fourth-order valence-corrected chi connectivity index (χ4v) is 3.06. The van der Waals surface area contributed by atoms with E-state index in [4.69, 9.17) is 0 Å². The molecule has 0 unspecified atom stereocenters. The van der Waals surface area contributed by atoms with Crippen molar-refractivity contribution in [2.24, 2.45) is 0 Å². The number of aliphatic hydroxyl groups excluding tert-OH is 1. The smallest absolute Gasteiger partial charge is 0.220 e. The predicted molar refractivity (Wildman–Crippen MR) is 101 cm³/mol. The number of carbonyl (C=O) groups excluding carboxylic acids is 1. The van der Waals surface area contributed by atoms with Crippen LogP contribution in [0.15, 0.2) is 59.5 Å². The summed E-state index contributed by atoms with van der Waals surface area (Å²) in [4.78, 5) is 15.0. The van der Waals surface area contributed by atoms with Crippen molar-refractivity contribution in [3.63, 3.8) is 0 Å². The van der Waals surface area contributed by atoms with Crippen LogP contribution in [-0.4, -0.2) is 37.4 Å². The third-order valence-electron chi connectivity index (χ3n) is 3.63. The fraction of sp³-hybridized carbons (Fsp3) is 0.316. The highest BCUT2D eigenvalue weighted by Crippen LogP contribution is 2.19. The number of hydrogen-bond donors (Lipinski definition) is 2. The molecule has 2 aromatic rings. The number of anilines is 1. The minimum absolute atomic E-state index is 0.0395. The van der Waals surface area contributed by atoms with E-state index in [-0.39, 0.29) is 12.5 Å². The van der Waals surface area contributed by atoms with Gasteiger partial charge in [-0.1, -0.05) is 30.3 Å². The van der Waals surface area contributed by atoms with Gasteiger partial charge in [0.1, 0.15) is 0 Å². The normalized spacial score (nSPS) is 11.8. The lowest BCUT2D eigenvalue weighted by Crippen LogP contribution is -2.28. The fourth-order valence-electron chi connectivity index (χ4n) is 2.19. The molecule has 2 N–H and O–H groups in total. The first-order chi connectivity index (χ1) is 11.6. The summed E-state index contributed by atoms with van der Waals surface area (Å²) in [6.07, 6.45) is -0.252. The summed E-state index contributed by atoms with van der Waals surface area (Å²) in [5.41, 5.74) is 1.88. The molecule has 0 heterocycles. The summed E-state index contributed by atoms with van der Waals surface area (Å²) in [5, 5.41) is 13.0. The number of rotatable bonds is 8. The van der Waals surface area contributed by atoms with Gasteiger partial charge in [0, 0.05) is 43.4 Å². The molecule has 0 saturated carbocycles. The Bertz CT molecular complexity index is 630. The van der Waals surface area contributed by atoms with Gasteiger partial charge in [-0.05, 0) is 29.8 Å². The first kappa shape index (κ1) is 18.4. The number of amides is 1. The number of nitrogens with zero attached hydrogens (tertiary/aromatic N) is 1. The third kappa shape index (κ3) is 5.91. The molecule has 24 heavy (non-hydrogen) atoms. The standard InChI is InChI=1S/C19H24N2O2S/c1-21(2)16-10-8-15(9-11-16)18(22)14-20-19(23)12-13-24-17-6-4-3-5-7-17/h3-11,18,22H,12-14H2,1-2H3,(H,20,23)/t18-/m1/s1. The summed E-state index contributed by atoms with van der Waals surface area (Å²) in [6.45, 7) is 0.232. The van der Waals surface area contributed by atoms with Gasteiger partial charge in [0.25, 0.3) is 0 Å². The maximum absolute atomic E-state index is 11.9. The second-order valence-electron chi connectivity index (χ2n) is 5.72. The molecule has 5 heteroatoms. The van der Waals surface area contributed by atoms with E-state index in [1.807, 2.05) is 73.6 Å². The number of aliphatic hydroxyl groups is 1. The van der Waals surface area contributed by atoms with Crippen LogP contribution >= 0.6 is 11.8 Å². The molecule has 0 saturated heterocycles. The molecule has 0 aliphatic rings. The average Bonchev–Trinajstić information content (AvgIpc) is 2.60. The number of nitrogens with one attached hydrogen (secondary N) is 1. The van der Waals surface area contributed by atoms with Gasteiger partial charge in [-0.3, -0.25) is 4.79 Å². The predicted octanol–water partition coefficient (Wildman–Crippen LogP) is 3.08. The summed E-state index contributed by atoms with van der Waals surface area (Å²) in [6, 6.07) is 17.7. The first-order valence-corrected chi connectivity index (χ1v) is 8.94. The van der Waals surface area contributed by atoms with Crippen LogP contribution in [-0.2, 0) is 4.79 Å². The van der Waals surface area contributed by atoms with Gasteiger partial charge < -0.3 is 15.3 Å². The van der Waals surface area contributed by atoms with Crippen molar-refractivity contribution in [3.05, 3.63) is 60.2 Å². The Balaban J connectivity index is 1.70. The number of thioether (sulfide) groups is 1. The van der Waals surface area contributed by atoms with Gasteiger partial charge in [0.2, 0.25) is 5.91 Å². The van der Waals surface area contributed by atoms with Gasteiger partial charge in [-0.15, -0.1) is 11.8 Å². The quantitative estimate of drug-likeness (QED) is 0.723. The Kier molecular flexibility index (Phi) is 7.15. The molecule has 0 aliphatic carbocycles.